The second kappa shape index (κ2) is 10.7. The summed E-state index contributed by atoms with van der Waals surface area (Å²) in [6.07, 6.45) is 8.03. The zero-order chi connectivity index (χ0) is 21.6. The number of carbonyl (C=O) groups is 1. The van der Waals surface area contributed by atoms with Crippen molar-refractivity contribution in [1.29, 1.82) is 0 Å². The molecule has 2 aliphatic rings. The first-order valence-electron chi connectivity index (χ1n) is 11.1. The highest BCUT2D eigenvalue weighted by atomic mass is 35.5. The van der Waals surface area contributed by atoms with E-state index in [0.29, 0.717) is 35.3 Å². The minimum atomic E-state index is -0.0238. The number of ether oxygens (including phenoxy) is 1. The number of halogens is 2. The van der Waals surface area contributed by atoms with Crippen LogP contribution in [0.15, 0.2) is 36.5 Å². The maximum Gasteiger partial charge on any atom is 0.220 e. The number of rotatable bonds is 9. The van der Waals surface area contributed by atoms with E-state index >= 15 is 0 Å². The maximum atomic E-state index is 12.2. The molecule has 0 unspecified atom stereocenters. The Balaban J connectivity index is 1.16. The molecule has 1 saturated heterocycles. The Hall–Kier alpha value is -1.82. The van der Waals surface area contributed by atoms with Crippen LogP contribution in [0.5, 0.6) is 5.88 Å². The fourth-order valence-electron chi connectivity index (χ4n) is 3.88. The van der Waals surface area contributed by atoms with Gasteiger partial charge in [0.25, 0.3) is 0 Å². The van der Waals surface area contributed by atoms with Crippen LogP contribution < -0.4 is 10.1 Å². The van der Waals surface area contributed by atoms with E-state index in [1.165, 1.54) is 19.4 Å². The molecule has 31 heavy (non-hydrogen) atoms. The first-order chi connectivity index (χ1) is 15.0. The van der Waals surface area contributed by atoms with Crippen LogP contribution in [0.4, 0.5) is 0 Å². The summed E-state index contributed by atoms with van der Waals surface area (Å²) in [4.78, 5) is 19.2. The predicted molar refractivity (Wildman–Crippen MR) is 124 cm³/mol. The molecule has 1 aromatic carbocycles. The monoisotopic (exact) mass is 461 g/mol. The third kappa shape index (κ3) is 7.09. The van der Waals surface area contributed by atoms with Crippen LogP contribution >= 0.6 is 23.2 Å². The molecule has 4 rings (SSSR count). The summed E-state index contributed by atoms with van der Waals surface area (Å²) < 4.78 is 6.07. The Bertz CT molecular complexity index is 879. The number of pyridine rings is 1. The molecule has 0 atom stereocenters. The molecule has 2 fully saturated rings. The van der Waals surface area contributed by atoms with Crippen molar-refractivity contribution in [3.05, 3.63) is 57.7 Å². The molecular weight excluding hydrogens is 433 g/mol. The van der Waals surface area contributed by atoms with Gasteiger partial charge in [-0.1, -0.05) is 35.3 Å². The van der Waals surface area contributed by atoms with Crippen molar-refractivity contribution < 1.29 is 9.53 Å². The summed E-state index contributed by atoms with van der Waals surface area (Å²) >= 11 is 12.0. The molecule has 5 nitrogen and oxygen atoms in total. The van der Waals surface area contributed by atoms with Crippen molar-refractivity contribution in [2.45, 2.75) is 51.2 Å². The number of hydrogen-bond donors (Lipinski definition) is 1. The molecule has 1 aliphatic carbocycles. The third-order valence-electron chi connectivity index (χ3n) is 5.96. The van der Waals surface area contributed by atoms with Crippen LogP contribution in [0.3, 0.4) is 0 Å². The van der Waals surface area contributed by atoms with Crippen LogP contribution in [0, 0.1) is 5.92 Å². The molecule has 0 radical (unpaired) electrons. The number of likely N-dealkylation sites (tertiary alicyclic amines) is 1. The van der Waals surface area contributed by atoms with Crippen LogP contribution in [-0.2, 0) is 17.8 Å². The van der Waals surface area contributed by atoms with Gasteiger partial charge in [0.05, 0.1) is 0 Å². The average molecular weight is 462 g/mol. The predicted octanol–water partition coefficient (Wildman–Crippen LogP) is 4.89. The van der Waals surface area contributed by atoms with Crippen molar-refractivity contribution in [2.75, 3.05) is 19.6 Å². The van der Waals surface area contributed by atoms with Crippen LogP contribution in [0.2, 0.25) is 10.0 Å². The summed E-state index contributed by atoms with van der Waals surface area (Å²) in [5.74, 6) is 1.60. The van der Waals surface area contributed by atoms with Gasteiger partial charge in [0, 0.05) is 54.9 Å². The van der Waals surface area contributed by atoms with Crippen molar-refractivity contribution in [3.8, 4) is 5.88 Å². The number of nitrogens with one attached hydrogen (secondary N) is 1. The van der Waals surface area contributed by atoms with Gasteiger partial charge in [-0.05, 0) is 61.3 Å². The fraction of sp³-hybridized carbons (Fsp3) is 0.500. The number of amides is 1. The van der Waals surface area contributed by atoms with Gasteiger partial charge in [0.15, 0.2) is 0 Å². The summed E-state index contributed by atoms with van der Waals surface area (Å²) in [7, 11) is 0. The average Bonchev–Trinajstić information content (AvgIpc) is 3.58. The summed E-state index contributed by atoms with van der Waals surface area (Å²) in [5, 5.41) is 4.04. The van der Waals surface area contributed by atoms with E-state index in [9.17, 15) is 4.79 Å². The first kappa shape index (κ1) is 22.4. The number of aromatic nitrogens is 1. The molecule has 7 heteroatoms. The number of carbonyl (C=O) groups excluding carboxylic acids is 1. The SMILES string of the molecule is O=C(CCc1ccc(OC2CCN(CC3CC3)CC2)nc1)NCc1ccc(Cl)cc1Cl. The lowest BCUT2D eigenvalue weighted by Gasteiger charge is -2.31. The minimum Gasteiger partial charge on any atom is -0.474 e. The van der Waals surface area contributed by atoms with Gasteiger partial charge in [-0.2, -0.15) is 0 Å². The van der Waals surface area contributed by atoms with Crippen molar-refractivity contribution in [3.63, 3.8) is 0 Å². The van der Waals surface area contributed by atoms with Crippen molar-refractivity contribution >= 4 is 29.1 Å². The molecule has 1 saturated carbocycles. The Morgan fingerprint density at radius 2 is 1.94 bits per heavy atom. The normalized spacial score (nSPS) is 17.5. The zero-order valence-electron chi connectivity index (χ0n) is 17.7. The molecule has 1 aliphatic heterocycles. The molecule has 2 heterocycles. The standard InChI is InChI=1S/C24H29Cl2N3O2/c25-20-6-5-19(22(26)13-20)15-27-23(30)7-3-17-4-8-24(28-14-17)31-21-9-11-29(12-10-21)16-18-1-2-18/h4-6,8,13-14,18,21H,1-3,7,9-12,15-16H2,(H,27,30). The minimum absolute atomic E-state index is 0.0238. The first-order valence-corrected chi connectivity index (χ1v) is 11.9. The number of nitrogens with zero attached hydrogens (tertiary/aromatic N) is 2. The lowest BCUT2D eigenvalue weighted by atomic mass is 10.1. The van der Waals surface area contributed by atoms with Gasteiger partial charge in [-0.15, -0.1) is 0 Å². The van der Waals surface area contributed by atoms with Crippen molar-refractivity contribution in [2.24, 2.45) is 5.92 Å². The van der Waals surface area contributed by atoms with Gasteiger partial charge in [0.1, 0.15) is 6.10 Å². The number of piperidine rings is 1. The molecule has 0 spiro atoms. The maximum absolute atomic E-state index is 12.2. The second-order valence-corrected chi connectivity index (χ2v) is 9.42. The lowest BCUT2D eigenvalue weighted by molar-refractivity contribution is -0.121. The highest BCUT2D eigenvalue weighted by Crippen LogP contribution is 2.31. The highest BCUT2D eigenvalue weighted by molar-refractivity contribution is 6.35. The second-order valence-electron chi connectivity index (χ2n) is 8.58. The van der Waals surface area contributed by atoms with E-state index in [2.05, 4.69) is 15.2 Å². The molecule has 1 N–H and O–H groups in total. The van der Waals surface area contributed by atoms with Gasteiger partial charge in [-0.3, -0.25) is 4.79 Å². The van der Waals surface area contributed by atoms with E-state index < -0.39 is 0 Å². The summed E-state index contributed by atoms with van der Waals surface area (Å²) in [6.45, 7) is 3.89. The van der Waals surface area contributed by atoms with Crippen molar-refractivity contribution in [1.82, 2.24) is 15.2 Å². The smallest absolute Gasteiger partial charge is 0.220 e. The van der Waals surface area contributed by atoms with Gasteiger partial charge < -0.3 is 15.0 Å². The fourth-order valence-corrected chi connectivity index (χ4v) is 4.35. The Morgan fingerprint density at radius 1 is 1.13 bits per heavy atom. The quantitative estimate of drug-likeness (QED) is 0.577. The summed E-state index contributed by atoms with van der Waals surface area (Å²) in [5.41, 5.74) is 1.87. The Labute approximate surface area is 194 Å². The number of aryl methyl sites for hydroxylation is 1. The topological polar surface area (TPSA) is 54.5 Å². The van der Waals surface area contributed by atoms with Gasteiger partial charge in [0.2, 0.25) is 11.8 Å². The molecule has 0 bridgehead atoms. The molecular formula is C24H29Cl2N3O2. The zero-order valence-corrected chi connectivity index (χ0v) is 19.2. The van der Waals surface area contributed by atoms with Crippen LogP contribution in [0.1, 0.15) is 43.2 Å². The highest BCUT2D eigenvalue weighted by Gasteiger charge is 2.27. The molecule has 1 aromatic heterocycles. The Morgan fingerprint density at radius 3 is 2.61 bits per heavy atom. The summed E-state index contributed by atoms with van der Waals surface area (Å²) in [6, 6.07) is 9.18. The van der Waals surface area contributed by atoms with Crippen LogP contribution in [0.25, 0.3) is 0 Å². The van der Waals surface area contributed by atoms with E-state index in [0.717, 1.165) is 43.0 Å². The van der Waals surface area contributed by atoms with Gasteiger partial charge in [-0.25, -0.2) is 4.98 Å². The van der Waals surface area contributed by atoms with E-state index in [4.69, 9.17) is 27.9 Å². The van der Waals surface area contributed by atoms with E-state index in [1.54, 1.807) is 18.3 Å². The molecule has 2 aromatic rings. The lowest BCUT2D eigenvalue weighted by Crippen LogP contribution is -2.39. The van der Waals surface area contributed by atoms with E-state index in [-0.39, 0.29) is 12.0 Å². The largest absolute Gasteiger partial charge is 0.474 e. The molecule has 1 amide bonds. The number of hydrogen-bond acceptors (Lipinski definition) is 4. The Kier molecular flexibility index (Phi) is 7.70. The molecule has 166 valence electrons. The third-order valence-corrected chi connectivity index (χ3v) is 6.55. The van der Waals surface area contributed by atoms with E-state index in [1.807, 2.05) is 18.2 Å². The van der Waals surface area contributed by atoms with Crippen LogP contribution in [-0.4, -0.2) is 41.5 Å². The van der Waals surface area contributed by atoms with Gasteiger partial charge >= 0.3 is 0 Å². The number of benzene rings is 1.